The van der Waals surface area contributed by atoms with Crippen LogP contribution < -0.4 is 10.1 Å². The molecule has 1 amide bonds. The molecule has 0 heterocycles. The zero-order valence-electron chi connectivity index (χ0n) is 14.6. The maximum Gasteiger partial charge on any atom is 0.235 e. The molecule has 0 atom stereocenters. The van der Waals surface area contributed by atoms with Gasteiger partial charge in [-0.05, 0) is 48.4 Å². The molecule has 140 valence electrons. The summed E-state index contributed by atoms with van der Waals surface area (Å²) in [6, 6.07) is 13.1. The summed E-state index contributed by atoms with van der Waals surface area (Å²) < 4.78 is 30.1. The van der Waals surface area contributed by atoms with Gasteiger partial charge in [-0.25, -0.2) is 8.42 Å². The Morgan fingerprint density at radius 2 is 1.88 bits per heavy atom. The summed E-state index contributed by atoms with van der Waals surface area (Å²) in [5.41, 5.74) is 0.844. The van der Waals surface area contributed by atoms with Crippen molar-refractivity contribution in [1.29, 1.82) is 0 Å². The highest BCUT2D eigenvalue weighted by Gasteiger charge is 2.19. The van der Waals surface area contributed by atoms with E-state index in [2.05, 4.69) is 12.2 Å². The molecule has 2 rings (SSSR count). The van der Waals surface area contributed by atoms with E-state index in [1.165, 1.54) is 24.3 Å². The first-order valence-electron chi connectivity index (χ1n) is 8.37. The Morgan fingerprint density at radius 3 is 2.58 bits per heavy atom. The van der Waals surface area contributed by atoms with E-state index < -0.39 is 21.5 Å². The largest absolute Gasteiger partial charge is 0.494 e. The van der Waals surface area contributed by atoms with E-state index in [0.29, 0.717) is 11.6 Å². The molecule has 0 radical (unpaired) electrons. The summed E-state index contributed by atoms with van der Waals surface area (Å²) in [5.74, 6) is -0.433. The molecule has 5 nitrogen and oxygen atoms in total. The number of hydrogen-bond acceptors (Lipinski definition) is 4. The van der Waals surface area contributed by atoms with Crippen LogP contribution in [-0.2, 0) is 21.2 Å². The number of sulfone groups is 1. The normalized spacial score (nSPS) is 11.2. The highest BCUT2D eigenvalue weighted by Crippen LogP contribution is 2.16. The molecule has 2 aromatic carbocycles. The standard InChI is InChI=1S/C19H22ClNO4S/c1-2-3-11-25-17-6-4-5-15(12-17)13-21-19(22)14-26(23,24)18-9-7-16(20)8-10-18/h4-10,12H,2-3,11,13-14H2,1H3,(H,21,22). The summed E-state index contributed by atoms with van der Waals surface area (Å²) in [6.45, 7) is 2.97. The van der Waals surface area contributed by atoms with Crippen LogP contribution in [0.4, 0.5) is 0 Å². The average Bonchev–Trinajstić information content (AvgIpc) is 2.61. The third-order valence-corrected chi connectivity index (χ3v) is 5.53. The lowest BCUT2D eigenvalue weighted by Crippen LogP contribution is -2.29. The van der Waals surface area contributed by atoms with Crippen molar-refractivity contribution in [2.24, 2.45) is 0 Å². The highest BCUT2D eigenvalue weighted by atomic mass is 35.5. The van der Waals surface area contributed by atoms with Crippen LogP contribution >= 0.6 is 11.6 Å². The van der Waals surface area contributed by atoms with Crippen LogP contribution in [-0.4, -0.2) is 26.7 Å². The van der Waals surface area contributed by atoms with Crippen LogP contribution in [0.5, 0.6) is 5.75 Å². The zero-order chi connectivity index (χ0) is 19.0. The number of amides is 1. The first kappa shape index (κ1) is 20.3. The summed E-state index contributed by atoms with van der Waals surface area (Å²) >= 11 is 5.75. The van der Waals surface area contributed by atoms with Gasteiger partial charge < -0.3 is 10.1 Å². The van der Waals surface area contributed by atoms with Gasteiger partial charge in [0.1, 0.15) is 11.5 Å². The van der Waals surface area contributed by atoms with Crippen molar-refractivity contribution in [3.8, 4) is 5.75 Å². The number of benzene rings is 2. The lowest BCUT2D eigenvalue weighted by Gasteiger charge is -2.09. The second kappa shape index (κ2) is 9.59. The summed E-state index contributed by atoms with van der Waals surface area (Å²) in [5, 5.41) is 3.07. The smallest absolute Gasteiger partial charge is 0.235 e. The van der Waals surface area contributed by atoms with E-state index >= 15 is 0 Å². The van der Waals surface area contributed by atoms with Gasteiger partial charge in [0.2, 0.25) is 5.91 Å². The fourth-order valence-corrected chi connectivity index (χ4v) is 3.52. The molecule has 0 aromatic heterocycles. The van der Waals surface area contributed by atoms with Crippen molar-refractivity contribution in [2.75, 3.05) is 12.4 Å². The molecule has 0 unspecified atom stereocenters. The minimum atomic E-state index is -3.70. The predicted molar refractivity (Wildman–Crippen MR) is 102 cm³/mol. The molecule has 0 fully saturated rings. The molecule has 1 N–H and O–H groups in total. The van der Waals surface area contributed by atoms with Crippen LogP contribution in [0.1, 0.15) is 25.3 Å². The molecule has 7 heteroatoms. The number of carbonyl (C=O) groups is 1. The van der Waals surface area contributed by atoms with E-state index in [0.717, 1.165) is 24.2 Å². The Morgan fingerprint density at radius 1 is 1.15 bits per heavy atom. The first-order valence-corrected chi connectivity index (χ1v) is 10.4. The van der Waals surface area contributed by atoms with Crippen molar-refractivity contribution in [3.63, 3.8) is 0 Å². The molecule has 0 bridgehead atoms. The van der Waals surface area contributed by atoms with Crippen LogP contribution in [0.25, 0.3) is 0 Å². The third-order valence-electron chi connectivity index (χ3n) is 3.65. The van der Waals surface area contributed by atoms with Crippen molar-refractivity contribution in [1.82, 2.24) is 5.32 Å². The molecule has 26 heavy (non-hydrogen) atoms. The minimum absolute atomic E-state index is 0.0726. The van der Waals surface area contributed by atoms with Crippen LogP contribution in [0.3, 0.4) is 0 Å². The summed E-state index contributed by atoms with van der Waals surface area (Å²) in [7, 11) is -3.70. The van der Waals surface area contributed by atoms with Crippen LogP contribution in [0.2, 0.25) is 5.02 Å². The number of hydrogen-bond donors (Lipinski definition) is 1. The van der Waals surface area contributed by atoms with Gasteiger partial charge in [0, 0.05) is 11.6 Å². The fourth-order valence-electron chi connectivity index (χ4n) is 2.23. The number of rotatable bonds is 9. The molecule has 0 saturated heterocycles. The van der Waals surface area contributed by atoms with Gasteiger partial charge in [0.25, 0.3) is 0 Å². The van der Waals surface area contributed by atoms with E-state index in [4.69, 9.17) is 16.3 Å². The molecule has 2 aromatic rings. The van der Waals surface area contributed by atoms with Gasteiger partial charge in [-0.3, -0.25) is 4.79 Å². The molecular formula is C19H22ClNO4S. The lowest BCUT2D eigenvalue weighted by molar-refractivity contribution is -0.118. The maximum absolute atomic E-state index is 12.2. The predicted octanol–water partition coefficient (Wildman–Crippen LogP) is 3.61. The monoisotopic (exact) mass is 395 g/mol. The highest BCUT2D eigenvalue weighted by molar-refractivity contribution is 7.92. The molecule has 0 aliphatic carbocycles. The Labute approximate surface area is 159 Å². The average molecular weight is 396 g/mol. The third kappa shape index (κ3) is 6.35. The van der Waals surface area contributed by atoms with Crippen molar-refractivity contribution in [2.45, 2.75) is 31.2 Å². The van der Waals surface area contributed by atoms with E-state index in [1.54, 1.807) is 0 Å². The van der Waals surface area contributed by atoms with Crippen molar-refractivity contribution >= 4 is 27.3 Å². The minimum Gasteiger partial charge on any atom is -0.494 e. The van der Waals surface area contributed by atoms with Crippen molar-refractivity contribution in [3.05, 3.63) is 59.1 Å². The second-order valence-corrected chi connectivity index (χ2v) is 8.27. The fraction of sp³-hybridized carbons (Fsp3) is 0.316. The Kier molecular flexibility index (Phi) is 7.48. The summed E-state index contributed by atoms with van der Waals surface area (Å²) in [4.78, 5) is 12.1. The van der Waals surface area contributed by atoms with Gasteiger partial charge in [-0.1, -0.05) is 37.1 Å². The summed E-state index contributed by atoms with van der Waals surface area (Å²) in [6.07, 6.45) is 2.03. The molecular weight excluding hydrogens is 374 g/mol. The van der Waals surface area contributed by atoms with Crippen LogP contribution in [0.15, 0.2) is 53.4 Å². The Hall–Kier alpha value is -2.05. The van der Waals surface area contributed by atoms with Gasteiger partial charge in [-0.15, -0.1) is 0 Å². The number of unbranched alkanes of at least 4 members (excludes halogenated alkanes) is 1. The number of halogens is 1. The Bertz CT molecular complexity index is 835. The quantitative estimate of drug-likeness (QED) is 0.658. The number of nitrogens with one attached hydrogen (secondary N) is 1. The zero-order valence-corrected chi connectivity index (χ0v) is 16.1. The maximum atomic E-state index is 12.2. The van der Waals surface area contributed by atoms with Crippen LogP contribution in [0, 0.1) is 0 Å². The first-order chi connectivity index (χ1) is 12.4. The van der Waals surface area contributed by atoms with Crippen molar-refractivity contribution < 1.29 is 17.9 Å². The van der Waals surface area contributed by atoms with Gasteiger partial charge in [-0.2, -0.15) is 0 Å². The van der Waals surface area contributed by atoms with E-state index in [9.17, 15) is 13.2 Å². The second-order valence-electron chi connectivity index (χ2n) is 5.84. The lowest BCUT2D eigenvalue weighted by atomic mass is 10.2. The molecule has 0 saturated carbocycles. The number of ether oxygens (including phenoxy) is 1. The van der Waals surface area contributed by atoms with Gasteiger partial charge in [0.05, 0.1) is 11.5 Å². The Balaban J connectivity index is 1.90. The van der Waals surface area contributed by atoms with Gasteiger partial charge in [0.15, 0.2) is 9.84 Å². The molecule has 0 aliphatic rings. The molecule has 0 spiro atoms. The van der Waals surface area contributed by atoms with E-state index in [1.807, 2.05) is 24.3 Å². The molecule has 0 aliphatic heterocycles. The number of carbonyl (C=O) groups excluding carboxylic acids is 1. The topological polar surface area (TPSA) is 72.5 Å². The van der Waals surface area contributed by atoms with Gasteiger partial charge >= 0.3 is 0 Å². The SMILES string of the molecule is CCCCOc1cccc(CNC(=O)CS(=O)(=O)c2ccc(Cl)cc2)c1. The van der Waals surface area contributed by atoms with E-state index in [-0.39, 0.29) is 11.4 Å².